The van der Waals surface area contributed by atoms with Crippen LogP contribution < -0.4 is 0 Å². The Morgan fingerprint density at radius 3 is 2.05 bits per heavy atom. The Labute approximate surface area is 123 Å². The standard InChI is InChI=1S/C14H22N2O5/c1-9-11(10(2)15-12(9)14(18)19)13(17)16(5-7-20-3)6-8-21-4/h15H,5-8H2,1-4H3,(H,18,19). The number of aromatic carboxylic acids is 1. The van der Waals surface area contributed by atoms with Gasteiger partial charge in [0.2, 0.25) is 0 Å². The molecule has 0 aliphatic rings. The van der Waals surface area contributed by atoms with Crippen LogP contribution in [0, 0.1) is 13.8 Å². The number of carboxylic acid groups (broad SMARTS) is 1. The average Bonchev–Trinajstić information content (AvgIpc) is 2.73. The zero-order valence-electron chi connectivity index (χ0n) is 12.9. The summed E-state index contributed by atoms with van der Waals surface area (Å²) in [5.74, 6) is -1.29. The van der Waals surface area contributed by atoms with E-state index >= 15 is 0 Å². The van der Waals surface area contributed by atoms with E-state index in [0.717, 1.165) is 0 Å². The number of amides is 1. The molecule has 0 bridgehead atoms. The van der Waals surface area contributed by atoms with Crippen LogP contribution in [0.3, 0.4) is 0 Å². The first kappa shape index (κ1) is 17.2. The van der Waals surface area contributed by atoms with Crippen molar-refractivity contribution in [2.24, 2.45) is 0 Å². The molecule has 0 aliphatic heterocycles. The van der Waals surface area contributed by atoms with E-state index in [4.69, 9.17) is 14.6 Å². The largest absolute Gasteiger partial charge is 0.477 e. The molecular weight excluding hydrogens is 276 g/mol. The molecular formula is C14H22N2O5. The predicted molar refractivity (Wildman–Crippen MR) is 76.9 cm³/mol. The van der Waals surface area contributed by atoms with E-state index in [9.17, 15) is 9.59 Å². The van der Waals surface area contributed by atoms with Crippen molar-refractivity contribution in [3.63, 3.8) is 0 Å². The normalized spacial score (nSPS) is 10.7. The fourth-order valence-electron chi connectivity index (χ4n) is 2.16. The maximum absolute atomic E-state index is 12.6. The lowest BCUT2D eigenvalue weighted by atomic mass is 10.1. The second kappa shape index (κ2) is 7.80. The molecule has 1 amide bonds. The Hall–Kier alpha value is -1.86. The summed E-state index contributed by atoms with van der Waals surface area (Å²) in [6.07, 6.45) is 0. The molecule has 0 atom stereocenters. The summed E-state index contributed by atoms with van der Waals surface area (Å²) < 4.78 is 10.0. The molecule has 0 radical (unpaired) electrons. The number of ether oxygens (including phenoxy) is 2. The van der Waals surface area contributed by atoms with Gasteiger partial charge < -0.3 is 24.5 Å². The van der Waals surface area contributed by atoms with Crippen LogP contribution in [0.5, 0.6) is 0 Å². The highest BCUT2D eigenvalue weighted by atomic mass is 16.5. The van der Waals surface area contributed by atoms with Crippen molar-refractivity contribution in [3.8, 4) is 0 Å². The summed E-state index contributed by atoms with van der Waals surface area (Å²) in [6.45, 7) is 4.98. The van der Waals surface area contributed by atoms with Gasteiger partial charge in [0.25, 0.3) is 5.91 Å². The number of H-pyrrole nitrogens is 1. The zero-order valence-corrected chi connectivity index (χ0v) is 12.9. The molecule has 2 N–H and O–H groups in total. The summed E-state index contributed by atoms with van der Waals surface area (Å²) in [5.41, 5.74) is 1.45. The lowest BCUT2D eigenvalue weighted by Crippen LogP contribution is -2.37. The van der Waals surface area contributed by atoms with Gasteiger partial charge in [-0.15, -0.1) is 0 Å². The summed E-state index contributed by atoms with van der Waals surface area (Å²) >= 11 is 0. The highest BCUT2D eigenvalue weighted by Crippen LogP contribution is 2.20. The SMILES string of the molecule is COCCN(CCOC)C(=O)c1c(C)[nH]c(C(=O)O)c1C. The van der Waals surface area contributed by atoms with Gasteiger partial charge in [-0.05, 0) is 19.4 Å². The van der Waals surface area contributed by atoms with Gasteiger partial charge in [-0.25, -0.2) is 4.79 Å². The molecule has 1 aromatic rings. The van der Waals surface area contributed by atoms with Gasteiger partial charge in [-0.3, -0.25) is 4.79 Å². The maximum atomic E-state index is 12.6. The first-order valence-corrected chi connectivity index (χ1v) is 6.63. The number of aromatic nitrogens is 1. The molecule has 118 valence electrons. The first-order valence-electron chi connectivity index (χ1n) is 6.63. The van der Waals surface area contributed by atoms with Gasteiger partial charge in [0.1, 0.15) is 5.69 Å². The van der Waals surface area contributed by atoms with Crippen molar-refractivity contribution in [1.29, 1.82) is 0 Å². The van der Waals surface area contributed by atoms with E-state index in [1.54, 1.807) is 33.0 Å². The van der Waals surface area contributed by atoms with Crippen molar-refractivity contribution in [1.82, 2.24) is 9.88 Å². The molecule has 0 saturated heterocycles. The van der Waals surface area contributed by atoms with E-state index in [1.807, 2.05) is 0 Å². The topological polar surface area (TPSA) is 91.9 Å². The van der Waals surface area contributed by atoms with Crippen LogP contribution in [0.25, 0.3) is 0 Å². The summed E-state index contributed by atoms with van der Waals surface area (Å²) in [4.78, 5) is 28.1. The summed E-state index contributed by atoms with van der Waals surface area (Å²) in [5, 5.41) is 9.11. The number of aryl methyl sites for hydroxylation is 1. The quantitative estimate of drug-likeness (QED) is 0.749. The van der Waals surface area contributed by atoms with Crippen LogP contribution in [0.2, 0.25) is 0 Å². The van der Waals surface area contributed by atoms with E-state index in [-0.39, 0.29) is 11.6 Å². The van der Waals surface area contributed by atoms with Gasteiger partial charge in [0.05, 0.1) is 18.8 Å². The Kier molecular flexibility index (Phi) is 6.39. The first-order chi connectivity index (χ1) is 9.93. The fraction of sp³-hybridized carbons (Fsp3) is 0.571. The van der Waals surface area contributed by atoms with Gasteiger partial charge in [-0.2, -0.15) is 0 Å². The van der Waals surface area contributed by atoms with Crippen molar-refractivity contribution in [2.75, 3.05) is 40.5 Å². The number of hydrogen-bond donors (Lipinski definition) is 2. The van der Waals surface area contributed by atoms with Gasteiger partial charge in [0.15, 0.2) is 0 Å². The second-order valence-corrected chi connectivity index (χ2v) is 4.71. The Morgan fingerprint density at radius 2 is 1.67 bits per heavy atom. The zero-order chi connectivity index (χ0) is 16.0. The number of carbonyl (C=O) groups excluding carboxylic acids is 1. The molecule has 7 heteroatoms. The smallest absolute Gasteiger partial charge is 0.352 e. The van der Waals surface area contributed by atoms with Crippen LogP contribution in [-0.2, 0) is 9.47 Å². The molecule has 0 unspecified atom stereocenters. The molecule has 0 aliphatic carbocycles. The fourth-order valence-corrected chi connectivity index (χ4v) is 2.16. The third-order valence-corrected chi connectivity index (χ3v) is 3.28. The van der Waals surface area contributed by atoms with Crippen LogP contribution >= 0.6 is 0 Å². The van der Waals surface area contributed by atoms with Crippen LogP contribution in [0.15, 0.2) is 0 Å². The monoisotopic (exact) mass is 298 g/mol. The van der Waals surface area contributed by atoms with Crippen molar-refractivity contribution >= 4 is 11.9 Å². The third-order valence-electron chi connectivity index (χ3n) is 3.28. The summed E-state index contributed by atoms with van der Waals surface area (Å²) in [6, 6.07) is 0. The predicted octanol–water partition coefficient (Wildman–Crippen LogP) is 1.06. The summed E-state index contributed by atoms with van der Waals surface area (Å²) in [7, 11) is 3.13. The van der Waals surface area contributed by atoms with E-state index in [2.05, 4.69) is 4.98 Å². The maximum Gasteiger partial charge on any atom is 0.352 e. The van der Waals surface area contributed by atoms with Crippen LogP contribution in [0.4, 0.5) is 0 Å². The number of nitrogens with one attached hydrogen (secondary N) is 1. The number of carboxylic acids is 1. The molecule has 1 rings (SSSR count). The van der Waals surface area contributed by atoms with Gasteiger partial charge >= 0.3 is 5.97 Å². The van der Waals surface area contributed by atoms with Crippen LogP contribution in [0.1, 0.15) is 32.1 Å². The number of carbonyl (C=O) groups is 2. The number of hydrogen-bond acceptors (Lipinski definition) is 4. The number of nitrogens with zero attached hydrogens (tertiary/aromatic N) is 1. The Balaban J connectivity index is 3.05. The minimum Gasteiger partial charge on any atom is -0.477 e. The minimum atomic E-state index is -1.07. The Morgan fingerprint density at radius 1 is 1.14 bits per heavy atom. The van der Waals surface area contributed by atoms with Gasteiger partial charge in [-0.1, -0.05) is 0 Å². The lowest BCUT2D eigenvalue weighted by molar-refractivity contribution is 0.0626. The number of aromatic amines is 1. The molecule has 0 aromatic carbocycles. The number of rotatable bonds is 8. The van der Waals surface area contributed by atoms with Crippen molar-refractivity contribution < 1.29 is 24.2 Å². The highest BCUT2D eigenvalue weighted by Gasteiger charge is 2.25. The van der Waals surface area contributed by atoms with Gasteiger partial charge in [0, 0.05) is 33.0 Å². The van der Waals surface area contributed by atoms with Crippen molar-refractivity contribution in [2.45, 2.75) is 13.8 Å². The molecule has 0 saturated carbocycles. The molecule has 7 nitrogen and oxygen atoms in total. The second-order valence-electron chi connectivity index (χ2n) is 4.71. The Bertz CT molecular complexity index is 502. The van der Waals surface area contributed by atoms with Crippen molar-refractivity contribution in [3.05, 3.63) is 22.5 Å². The highest BCUT2D eigenvalue weighted by molar-refractivity contribution is 6.00. The number of methoxy groups -OCH3 is 2. The molecule has 21 heavy (non-hydrogen) atoms. The molecule has 1 heterocycles. The molecule has 0 fully saturated rings. The lowest BCUT2D eigenvalue weighted by Gasteiger charge is -2.22. The third kappa shape index (κ3) is 4.05. The van der Waals surface area contributed by atoms with Crippen LogP contribution in [-0.4, -0.2) is 67.4 Å². The van der Waals surface area contributed by atoms with E-state index < -0.39 is 5.97 Å². The minimum absolute atomic E-state index is 0.0503. The van der Waals surface area contributed by atoms with E-state index in [1.165, 1.54) is 0 Å². The average molecular weight is 298 g/mol. The molecule has 1 aromatic heterocycles. The van der Waals surface area contributed by atoms with E-state index in [0.29, 0.717) is 43.1 Å². The molecule has 0 spiro atoms.